The lowest BCUT2D eigenvalue weighted by molar-refractivity contribution is -0.126. The molecule has 2 aliphatic heterocycles. The van der Waals surface area contributed by atoms with E-state index < -0.39 is 11.4 Å². The third kappa shape index (κ3) is 2.41. The van der Waals surface area contributed by atoms with Crippen LogP contribution in [0.4, 0.5) is 5.69 Å². The highest BCUT2D eigenvalue weighted by atomic mass is 16.5. The molecule has 2 amide bonds. The van der Waals surface area contributed by atoms with Gasteiger partial charge in [0.05, 0.1) is 16.6 Å². The molecule has 5 rings (SSSR count). The summed E-state index contributed by atoms with van der Waals surface area (Å²) in [7, 11) is 1.59. The van der Waals surface area contributed by atoms with Crippen molar-refractivity contribution in [3.05, 3.63) is 75.6 Å². The minimum absolute atomic E-state index is 0.0535. The molecule has 1 spiro atoms. The number of rotatable bonds is 5. The molecule has 0 saturated heterocycles. The Hall–Kier alpha value is -3.45. The molecule has 158 valence electrons. The van der Waals surface area contributed by atoms with Crippen LogP contribution in [0.25, 0.3) is 11.0 Å². The first kappa shape index (κ1) is 19.5. The molecule has 0 aliphatic carbocycles. The number of para-hydroxylation sites is 2. The highest BCUT2D eigenvalue weighted by Crippen LogP contribution is 2.52. The van der Waals surface area contributed by atoms with Crippen molar-refractivity contribution < 1.29 is 18.7 Å². The number of anilines is 1. The standard InChI is InChI=1S/C24H22N2O5/c1-3-25-17-11-6-5-10-16(17)24(23(25)29)19-20(27)15-9-4-7-12-18(15)31-21(19)22(28)26(24)13-8-14-30-2/h4-7,9-12H,3,8,13-14H2,1-2H3/t24-/m1/s1. The zero-order valence-corrected chi connectivity index (χ0v) is 17.4. The van der Waals surface area contributed by atoms with Gasteiger partial charge in [-0.05, 0) is 31.5 Å². The van der Waals surface area contributed by atoms with Gasteiger partial charge in [0.1, 0.15) is 5.58 Å². The molecule has 31 heavy (non-hydrogen) atoms. The van der Waals surface area contributed by atoms with Crippen LogP contribution in [0.1, 0.15) is 35.0 Å². The van der Waals surface area contributed by atoms with Crippen molar-refractivity contribution in [3.63, 3.8) is 0 Å². The van der Waals surface area contributed by atoms with Crippen molar-refractivity contribution in [2.75, 3.05) is 31.7 Å². The van der Waals surface area contributed by atoms with Crippen LogP contribution in [0, 0.1) is 0 Å². The van der Waals surface area contributed by atoms with E-state index >= 15 is 0 Å². The Kier molecular flexibility index (Phi) is 4.44. The minimum Gasteiger partial charge on any atom is -0.450 e. The first-order valence-electron chi connectivity index (χ1n) is 10.4. The van der Waals surface area contributed by atoms with Gasteiger partial charge in [0, 0.05) is 32.4 Å². The first-order chi connectivity index (χ1) is 15.1. The number of ether oxygens (including phenoxy) is 1. The van der Waals surface area contributed by atoms with Gasteiger partial charge in [-0.1, -0.05) is 30.3 Å². The van der Waals surface area contributed by atoms with Crippen LogP contribution < -0.4 is 10.3 Å². The molecular weight excluding hydrogens is 396 g/mol. The molecule has 0 fully saturated rings. The molecule has 2 aliphatic rings. The van der Waals surface area contributed by atoms with Crippen molar-refractivity contribution in [2.24, 2.45) is 0 Å². The van der Waals surface area contributed by atoms with Gasteiger partial charge in [-0.25, -0.2) is 0 Å². The first-order valence-corrected chi connectivity index (χ1v) is 10.4. The van der Waals surface area contributed by atoms with Gasteiger partial charge in [-0.15, -0.1) is 0 Å². The third-order valence-corrected chi connectivity index (χ3v) is 6.19. The second kappa shape index (κ2) is 7.06. The number of nitrogens with zero attached hydrogens (tertiary/aromatic N) is 2. The minimum atomic E-state index is -1.53. The lowest BCUT2D eigenvalue weighted by atomic mass is 9.84. The van der Waals surface area contributed by atoms with Gasteiger partial charge in [-0.2, -0.15) is 0 Å². The summed E-state index contributed by atoms with van der Waals surface area (Å²) < 4.78 is 11.1. The summed E-state index contributed by atoms with van der Waals surface area (Å²) in [4.78, 5) is 44.4. The highest BCUT2D eigenvalue weighted by molar-refractivity contribution is 6.17. The SMILES string of the molecule is CCN1C(=O)[C@@]2(c3ccccc31)c1c(oc3ccccc3c1=O)C(=O)N2CCCOC. The fourth-order valence-electron chi connectivity index (χ4n) is 4.92. The number of carbonyl (C=O) groups is 2. The monoisotopic (exact) mass is 418 g/mol. The fourth-order valence-corrected chi connectivity index (χ4v) is 4.92. The fraction of sp³-hybridized carbons (Fsp3) is 0.292. The Morgan fingerprint density at radius 2 is 1.77 bits per heavy atom. The van der Waals surface area contributed by atoms with Gasteiger partial charge >= 0.3 is 0 Å². The Labute approximate surface area is 178 Å². The molecule has 0 unspecified atom stereocenters. The van der Waals surface area contributed by atoms with E-state index in [1.165, 1.54) is 4.90 Å². The molecular formula is C24H22N2O5. The molecule has 0 N–H and O–H groups in total. The summed E-state index contributed by atoms with van der Waals surface area (Å²) in [6.45, 7) is 2.98. The molecule has 3 heterocycles. The number of hydrogen-bond donors (Lipinski definition) is 0. The van der Waals surface area contributed by atoms with Crippen molar-refractivity contribution >= 4 is 28.5 Å². The van der Waals surface area contributed by atoms with Gasteiger partial charge in [0.25, 0.3) is 11.8 Å². The summed E-state index contributed by atoms with van der Waals surface area (Å²) in [5.41, 5.74) is -0.0896. The third-order valence-electron chi connectivity index (χ3n) is 6.19. The zero-order valence-electron chi connectivity index (χ0n) is 17.4. The zero-order chi connectivity index (χ0) is 21.8. The number of likely N-dealkylation sites (N-methyl/N-ethyl adjacent to an activating group) is 1. The highest BCUT2D eigenvalue weighted by Gasteiger charge is 2.64. The van der Waals surface area contributed by atoms with E-state index in [4.69, 9.17) is 9.15 Å². The molecule has 7 heteroatoms. The second-order valence-corrected chi connectivity index (χ2v) is 7.71. The second-order valence-electron chi connectivity index (χ2n) is 7.71. The average molecular weight is 418 g/mol. The number of benzene rings is 2. The Balaban J connectivity index is 1.87. The molecule has 0 saturated carbocycles. The number of methoxy groups -OCH3 is 1. The lowest BCUT2D eigenvalue weighted by Crippen LogP contribution is -2.53. The van der Waals surface area contributed by atoms with Gasteiger partial charge in [0.15, 0.2) is 11.0 Å². The molecule has 3 aromatic rings. The Bertz CT molecular complexity index is 1280. The number of carbonyl (C=O) groups excluding carboxylic acids is 2. The number of fused-ring (bicyclic) bond motifs is 5. The summed E-state index contributed by atoms with van der Waals surface area (Å²) in [5.74, 6) is -0.805. The van der Waals surface area contributed by atoms with Gasteiger partial charge in [0.2, 0.25) is 5.76 Å². The molecule has 0 radical (unpaired) electrons. The molecule has 1 atom stereocenters. The van der Waals surface area contributed by atoms with Crippen molar-refractivity contribution in [3.8, 4) is 0 Å². The van der Waals surface area contributed by atoms with Gasteiger partial charge < -0.3 is 19.0 Å². The van der Waals surface area contributed by atoms with E-state index in [9.17, 15) is 14.4 Å². The predicted molar refractivity (Wildman–Crippen MR) is 115 cm³/mol. The maximum atomic E-state index is 14.0. The summed E-state index contributed by atoms with van der Waals surface area (Å²) >= 11 is 0. The maximum Gasteiger partial charge on any atom is 0.291 e. The van der Waals surface area contributed by atoms with Crippen LogP contribution in [-0.4, -0.2) is 43.5 Å². The summed E-state index contributed by atoms with van der Waals surface area (Å²) in [6.07, 6.45) is 0.521. The van der Waals surface area contributed by atoms with E-state index in [1.54, 1.807) is 36.3 Å². The number of hydrogen-bond acceptors (Lipinski definition) is 5. The Morgan fingerprint density at radius 3 is 2.55 bits per heavy atom. The normalized spacial score (nSPS) is 19.5. The quantitative estimate of drug-likeness (QED) is 0.596. The van der Waals surface area contributed by atoms with Crippen LogP contribution in [0.3, 0.4) is 0 Å². The summed E-state index contributed by atoms with van der Waals surface area (Å²) in [6, 6.07) is 14.2. The van der Waals surface area contributed by atoms with Crippen LogP contribution in [0.5, 0.6) is 0 Å². The number of amides is 2. The lowest BCUT2D eigenvalue weighted by Gasteiger charge is -2.34. The van der Waals surface area contributed by atoms with E-state index in [0.717, 1.165) is 0 Å². The van der Waals surface area contributed by atoms with Crippen LogP contribution in [-0.2, 0) is 15.1 Å². The van der Waals surface area contributed by atoms with E-state index in [1.807, 2.05) is 31.2 Å². The largest absolute Gasteiger partial charge is 0.450 e. The molecule has 2 aromatic carbocycles. The topological polar surface area (TPSA) is 80.1 Å². The maximum absolute atomic E-state index is 14.0. The van der Waals surface area contributed by atoms with E-state index in [-0.39, 0.29) is 29.2 Å². The Morgan fingerprint density at radius 1 is 1.03 bits per heavy atom. The van der Waals surface area contributed by atoms with Crippen molar-refractivity contribution in [1.29, 1.82) is 0 Å². The summed E-state index contributed by atoms with van der Waals surface area (Å²) in [5, 5.41) is 0.354. The van der Waals surface area contributed by atoms with Crippen molar-refractivity contribution in [2.45, 2.75) is 18.9 Å². The van der Waals surface area contributed by atoms with Gasteiger partial charge in [-0.3, -0.25) is 14.4 Å². The van der Waals surface area contributed by atoms with E-state index in [2.05, 4.69) is 0 Å². The molecule has 7 nitrogen and oxygen atoms in total. The van der Waals surface area contributed by atoms with E-state index in [0.29, 0.717) is 41.8 Å². The van der Waals surface area contributed by atoms with Crippen LogP contribution in [0.2, 0.25) is 0 Å². The molecule has 0 bridgehead atoms. The van der Waals surface area contributed by atoms with Crippen molar-refractivity contribution in [1.82, 2.24) is 4.90 Å². The predicted octanol–water partition coefficient (Wildman–Crippen LogP) is 2.90. The molecule has 1 aromatic heterocycles. The van der Waals surface area contributed by atoms with Crippen LogP contribution >= 0.6 is 0 Å². The smallest absolute Gasteiger partial charge is 0.291 e. The average Bonchev–Trinajstić information content (AvgIpc) is 3.18. The van der Waals surface area contributed by atoms with Crippen LogP contribution in [0.15, 0.2) is 57.7 Å².